The number of aliphatic hydroxyl groups is 1. The Hall–Kier alpha value is -2.11. The molecule has 0 fully saturated rings. The molecule has 2 N–H and O–H groups in total. The number of carbonyl (C=O) groups is 1. The predicted molar refractivity (Wildman–Crippen MR) is 93.6 cm³/mol. The van der Waals surface area contributed by atoms with Crippen LogP contribution in [0.4, 0.5) is 0 Å². The summed E-state index contributed by atoms with van der Waals surface area (Å²) in [6.07, 6.45) is 1.99. The van der Waals surface area contributed by atoms with Crippen molar-refractivity contribution < 1.29 is 9.90 Å². The molecule has 120 valence electrons. The van der Waals surface area contributed by atoms with Gasteiger partial charge in [-0.05, 0) is 47.9 Å². The zero-order chi connectivity index (χ0) is 16.4. The minimum absolute atomic E-state index is 0.110. The van der Waals surface area contributed by atoms with Crippen molar-refractivity contribution in [3.8, 4) is 0 Å². The van der Waals surface area contributed by atoms with Crippen LogP contribution in [0.25, 0.3) is 10.9 Å². The fourth-order valence-electron chi connectivity index (χ4n) is 2.72. The Balaban J connectivity index is 1.67. The number of nitrogens with zero attached hydrogens (tertiary/aromatic N) is 1. The highest BCUT2D eigenvalue weighted by atomic mass is 32.1. The second-order valence-corrected chi connectivity index (χ2v) is 6.80. The quantitative estimate of drug-likeness (QED) is 0.756. The van der Waals surface area contributed by atoms with Crippen LogP contribution >= 0.6 is 11.3 Å². The van der Waals surface area contributed by atoms with Crippen LogP contribution in [0.1, 0.15) is 18.1 Å². The number of para-hydroxylation sites is 1. The fourth-order valence-corrected chi connectivity index (χ4v) is 3.50. The smallest absolute Gasteiger partial charge is 0.240 e. The Morgan fingerprint density at radius 3 is 2.87 bits per heavy atom. The lowest BCUT2D eigenvalue weighted by atomic mass is 9.99. The third-order valence-corrected chi connectivity index (χ3v) is 4.76. The molecule has 23 heavy (non-hydrogen) atoms. The standard InChI is InChI=1S/C18H20N2O2S/c1-13-9-20(16-6-4-3-5-15(13)16)10-17(21)19-12-18(2,22)14-7-8-23-11-14/h3-9,11,22H,10,12H2,1-2H3,(H,19,21). The molecule has 0 saturated carbocycles. The molecule has 1 atom stereocenters. The van der Waals surface area contributed by atoms with Gasteiger partial charge in [0, 0.05) is 17.1 Å². The molecule has 1 aromatic carbocycles. The van der Waals surface area contributed by atoms with E-state index in [0.29, 0.717) is 0 Å². The molecule has 3 rings (SSSR count). The average Bonchev–Trinajstić information content (AvgIpc) is 3.16. The first-order valence-electron chi connectivity index (χ1n) is 7.53. The van der Waals surface area contributed by atoms with Gasteiger partial charge in [0.15, 0.2) is 0 Å². The van der Waals surface area contributed by atoms with Crippen molar-refractivity contribution in [2.75, 3.05) is 6.54 Å². The van der Waals surface area contributed by atoms with Gasteiger partial charge in [0.2, 0.25) is 5.91 Å². The normalized spacial score (nSPS) is 13.9. The summed E-state index contributed by atoms with van der Waals surface area (Å²) in [5, 5.41) is 18.3. The number of thiophene rings is 1. The van der Waals surface area contributed by atoms with Gasteiger partial charge in [0.1, 0.15) is 12.1 Å². The molecule has 5 heteroatoms. The highest BCUT2D eigenvalue weighted by molar-refractivity contribution is 7.08. The van der Waals surface area contributed by atoms with Crippen LogP contribution in [-0.4, -0.2) is 22.1 Å². The van der Waals surface area contributed by atoms with E-state index < -0.39 is 5.60 Å². The van der Waals surface area contributed by atoms with Crippen molar-refractivity contribution in [1.82, 2.24) is 9.88 Å². The molecule has 2 heterocycles. The van der Waals surface area contributed by atoms with E-state index in [0.717, 1.165) is 22.0 Å². The molecule has 3 aromatic rings. The lowest BCUT2D eigenvalue weighted by molar-refractivity contribution is -0.122. The van der Waals surface area contributed by atoms with Crippen molar-refractivity contribution in [1.29, 1.82) is 0 Å². The molecule has 0 aliphatic rings. The van der Waals surface area contributed by atoms with E-state index in [1.165, 1.54) is 11.3 Å². The van der Waals surface area contributed by atoms with Gasteiger partial charge in [-0.25, -0.2) is 0 Å². The highest BCUT2D eigenvalue weighted by Gasteiger charge is 2.24. The van der Waals surface area contributed by atoms with E-state index in [9.17, 15) is 9.90 Å². The predicted octanol–water partition coefficient (Wildman–Crippen LogP) is 3.04. The molecule has 0 aliphatic carbocycles. The van der Waals surface area contributed by atoms with Crippen LogP contribution in [0.5, 0.6) is 0 Å². The van der Waals surface area contributed by atoms with Crippen LogP contribution in [-0.2, 0) is 16.9 Å². The molecule has 1 amide bonds. The number of aryl methyl sites for hydroxylation is 1. The second kappa shape index (κ2) is 6.18. The summed E-state index contributed by atoms with van der Waals surface area (Å²) in [5.74, 6) is -0.110. The maximum absolute atomic E-state index is 12.2. The molecule has 0 spiro atoms. The van der Waals surface area contributed by atoms with Gasteiger partial charge in [-0.3, -0.25) is 4.79 Å². The summed E-state index contributed by atoms with van der Waals surface area (Å²) >= 11 is 1.53. The molecule has 2 aromatic heterocycles. The number of hydrogen-bond donors (Lipinski definition) is 2. The number of benzene rings is 1. The Kier molecular flexibility index (Phi) is 4.24. The summed E-state index contributed by atoms with van der Waals surface area (Å²) in [6, 6.07) is 9.91. The maximum atomic E-state index is 12.2. The first kappa shape index (κ1) is 15.8. The zero-order valence-electron chi connectivity index (χ0n) is 13.2. The zero-order valence-corrected chi connectivity index (χ0v) is 14.1. The van der Waals surface area contributed by atoms with Crippen LogP contribution in [0, 0.1) is 6.92 Å². The molecule has 0 aliphatic heterocycles. The molecule has 0 bridgehead atoms. The lowest BCUT2D eigenvalue weighted by Crippen LogP contribution is -2.39. The fraction of sp³-hybridized carbons (Fsp3) is 0.278. The Labute approximate surface area is 139 Å². The number of nitrogens with one attached hydrogen (secondary N) is 1. The van der Waals surface area contributed by atoms with Crippen molar-refractivity contribution in [2.45, 2.75) is 26.0 Å². The largest absolute Gasteiger partial charge is 0.384 e. The summed E-state index contributed by atoms with van der Waals surface area (Å²) in [7, 11) is 0. The molecule has 0 saturated heterocycles. The number of amides is 1. The topological polar surface area (TPSA) is 54.3 Å². The van der Waals surface area contributed by atoms with Crippen molar-refractivity contribution in [2.24, 2.45) is 0 Å². The summed E-state index contributed by atoms with van der Waals surface area (Å²) in [4.78, 5) is 12.2. The number of fused-ring (bicyclic) bond motifs is 1. The van der Waals surface area contributed by atoms with Crippen LogP contribution in [0.2, 0.25) is 0 Å². The number of hydrogen-bond acceptors (Lipinski definition) is 3. The lowest BCUT2D eigenvalue weighted by Gasteiger charge is -2.23. The van der Waals surface area contributed by atoms with Crippen molar-refractivity contribution >= 4 is 28.1 Å². The number of aromatic nitrogens is 1. The molecule has 1 unspecified atom stereocenters. The SMILES string of the molecule is Cc1cn(CC(=O)NCC(C)(O)c2ccsc2)c2ccccc12. The van der Waals surface area contributed by atoms with Gasteiger partial charge >= 0.3 is 0 Å². The van der Waals surface area contributed by atoms with E-state index in [1.807, 2.05) is 52.7 Å². The first-order chi connectivity index (χ1) is 11.0. The third kappa shape index (κ3) is 3.30. The summed E-state index contributed by atoms with van der Waals surface area (Å²) in [6.45, 7) is 4.19. The number of rotatable bonds is 5. The van der Waals surface area contributed by atoms with Gasteiger partial charge in [-0.2, -0.15) is 11.3 Å². The summed E-state index contributed by atoms with van der Waals surface area (Å²) in [5.41, 5.74) is 1.97. The Morgan fingerprint density at radius 2 is 2.13 bits per heavy atom. The summed E-state index contributed by atoms with van der Waals surface area (Å²) < 4.78 is 1.94. The second-order valence-electron chi connectivity index (χ2n) is 6.02. The first-order valence-corrected chi connectivity index (χ1v) is 8.48. The van der Waals surface area contributed by atoms with Gasteiger partial charge < -0.3 is 15.0 Å². The third-order valence-electron chi connectivity index (χ3n) is 4.07. The Morgan fingerprint density at radius 1 is 1.35 bits per heavy atom. The Bertz CT molecular complexity index is 819. The monoisotopic (exact) mass is 328 g/mol. The molecular formula is C18H20N2O2S. The van der Waals surface area contributed by atoms with Crippen LogP contribution in [0.15, 0.2) is 47.3 Å². The molecular weight excluding hydrogens is 308 g/mol. The minimum atomic E-state index is -1.05. The minimum Gasteiger partial charge on any atom is -0.384 e. The van der Waals surface area contributed by atoms with Crippen molar-refractivity contribution in [3.63, 3.8) is 0 Å². The maximum Gasteiger partial charge on any atom is 0.240 e. The van der Waals surface area contributed by atoms with E-state index in [-0.39, 0.29) is 19.0 Å². The van der Waals surface area contributed by atoms with Crippen LogP contribution in [0.3, 0.4) is 0 Å². The van der Waals surface area contributed by atoms with E-state index in [2.05, 4.69) is 11.4 Å². The van der Waals surface area contributed by atoms with E-state index in [1.54, 1.807) is 6.92 Å². The number of carbonyl (C=O) groups excluding carboxylic acids is 1. The van der Waals surface area contributed by atoms with Crippen molar-refractivity contribution in [3.05, 3.63) is 58.4 Å². The molecule has 4 nitrogen and oxygen atoms in total. The van der Waals surface area contributed by atoms with E-state index in [4.69, 9.17) is 0 Å². The van der Waals surface area contributed by atoms with Gasteiger partial charge in [-0.1, -0.05) is 18.2 Å². The average molecular weight is 328 g/mol. The van der Waals surface area contributed by atoms with E-state index >= 15 is 0 Å². The van der Waals surface area contributed by atoms with Crippen LogP contribution < -0.4 is 5.32 Å². The van der Waals surface area contributed by atoms with Gasteiger partial charge in [0.25, 0.3) is 0 Å². The molecule has 0 radical (unpaired) electrons. The highest BCUT2D eigenvalue weighted by Crippen LogP contribution is 2.22. The van der Waals surface area contributed by atoms with Gasteiger partial charge in [-0.15, -0.1) is 0 Å². The van der Waals surface area contributed by atoms with Gasteiger partial charge in [0.05, 0.1) is 6.54 Å².